The molecule has 0 aromatic carbocycles. The van der Waals surface area contributed by atoms with Gasteiger partial charge in [-0.1, -0.05) is 5.16 Å². The maximum absolute atomic E-state index is 5.34. The number of hydrogen-bond acceptors (Lipinski definition) is 7. The van der Waals surface area contributed by atoms with E-state index < -0.39 is 0 Å². The van der Waals surface area contributed by atoms with Gasteiger partial charge in [-0.15, -0.1) is 0 Å². The number of hydrogen-bond donors (Lipinski definition) is 1. The molecule has 1 N–H and O–H groups in total. The van der Waals surface area contributed by atoms with Crippen LogP contribution in [0.15, 0.2) is 22.9 Å². The lowest BCUT2D eigenvalue weighted by molar-refractivity contribution is 0.122. The van der Waals surface area contributed by atoms with E-state index in [2.05, 4.69) is 25.3 Å². The van der Waals surface area contributed by atoms with Gasteiger partial charge in [-0.05, 0) is 13.0 Å². The molecule has 0 amide bonds. The van der Waals surface area contributed by atoms with Crippen LogP contribution in [0.25, 0.3) is 0 Å². The van der Waals surface area contributed by atoms with Crippen LogP contribution >= 0.6 is 0 Å². The van der Waals surface area contributed by atoms with E-state index >= 15 is 0 Å². The molecule has 0 bridgehead atoms. The summed E-state index contributed by atoms with van der Waals surface area (Å²) in [5.41, 5.74) is 0.836. The lowest BCUT2D eigenvalue weighted by atomic mass is 10.4. The predicted octanol–water partition coefficient (Wildman–Crippen LogP) is 1.22. The summed E-state index contributed by atoms with van der Waals surface area (Å²) in [5, 5.41) is 7.07. The van der Waals surface area contributed by atoms with Crippen LogP contribution in [0.1, 0.15) is 11.5 Å². The zero-order chi connectivity index (χ0) is 13.8. The van der Waals surface area contributed by atoms with E-state index in [4.69, 9.17) is 9.26 Å². The first-order valence-electron chi connectivity index (χ1n) is 6.63. The number of nitrogens with zero attached hydrogens (tertiary/aromatic N) is 4. The molecule has 1 aliphatic heterocycles. The van der Waals surface area contributed by atoms with E-state index in [1.54, 1.807) is 6.20 Å². The van der Waals surface area contributed by atoms with E-state index in [9.17, 15) is 0 Å². The number of anilines is 2. The van der Waals surface area contributed by atoms with Gasteiger partial charge in [-0.3, -0.25) is 0 Å². The van der Waals surface area contributed by atoms with Crippen molar-refractivity contribution in [3.8, 4) is 0 Å². The van der Waals surface area contributed by atoms with Gasteiger partial charge < -0.3 is 19.5 Å². The molecule has 106 valence electrons. The molecule has 0 unspecified atom stereocenters. The number of rotatable bonds is 4. The Labute approximate surface area is 117 Å². The Balaban J connectivity index is 1.64. The highest BCUT2D eigenvalue weighted by Crippen LogP contribution is 2.14. The van der Waals surface area contributed by atoms with Crippen molar-refractivity contribution in [1.82, 2.24) is 15.1 Å². The number of ether oxygens (including phenoxy) is 1. The van der Waals surface area contributed by atoms with Crippen LogP contribution in [0.2, 0.25) is 0 Å². The maximum atomic E-state index is 5.34. The first kappa shape index (κ1) is 12.9. The van der Waals surface area contributed by atoms with Crippen LogP contribution in [0, 0.1) is 6.92 Å². The van der Waals surface area contributed by atoms with E-state index in [1.807, 2.05) is 19.1 Å². The van der Waals surface area contributed by atoms with E-state index in [0.29, 0.717) is 12.5 Å². The van der Waals surface area contributed by atoms with Crippen LogP contribution in [0.5, 0.6) is 0 Å². The quantitative estimate of drug-likeness (QED) is 0.899. The molecule has 0 atom stereocenters. The molecule has 0 saturated carbocycles. The second-order valence-electron chi connectivity index (χ2n) is 4.62. The van der Waals surface area contributed by atoms with E-state index in [0.717, 1.165) is 43.6 Å². The standard InChI is InChI=1S/C13H17N5O2/c1-10-8-11(17-20-10)9-15-13-14-3-2-12(16-13)18-4-6-19-7-5-18/h2-3,8H,4-7,9H2,1H3,(H,14,15,16). The summed E-state index contributed by atoms with van der Waals surface area (Å²) in [6.07, 6.45) is 1.76. The second kappa shape index (κ2) is 5.87. The molecule has 0 radical (unpaired) electrons. The molecule has 1 fully saturated rings. The van der Waals surface area contributed by atoms with Gasteiger partial charge in [0.1, 0.15) is 17.3 Å². The van der Waals surface area contributed by atoms with E-state index in [-0.39, 0.29) is 0 Å². The summed E-state index contributed by atoms with van der Waals surface area (Å²) >= 11 is 0. The van der Waals surface area contributed by atoms with Crippen LogP contribution in [-0.4, -0.2) is 41.4 Å². The first-order valence-corrected chi connectivity index (χ1v) is 6.63. The van der Waals surface area contributed by atoms with Crippen molar-refractivity contribution in [3.63, 3.8) is 0 Å². The Morgan fingerprint density at radius 2 is 2.20 bits per heavy atom. The topological polar surface area (TPSA) is 76.3 Å². The number of aryl methyl sites for hydroxylation is 1. The lowest BCUT2D eigenvalue weighted by Crippen LogP contribution is -2.36. The Bertz CT molecular complexity index is 565. The molecular formula is C13H17N5O2. The molecule has 3 heterocycles. The molecule has 7 heteroatoms. The predicted molar refractivity (Wildman–Crippen MR) is 73.6 cm³/mol. The van der Waals surface area contributed by atoms with E-state index in [1.165, 1.54) is 0 Å². The van der Waals surface area contributed by atoms with Crippen LogP contribution in [0.3, 0.4) is 0 Å². The number of aromatic nitrogens is 3. The molecule has 2 aromatic heterocycles. The van der Waals surface area contributed by atoms with Gasteiger partial charge >= 0.3 is 0 Å². The average Bonchev–Trinajstić information content (AvgIpc) is 2.92. The summed E-state index contributed by atoms with van der Waals surface area (Å²) in [6.45, 7) is 5.61. The van der Waals surface area contributed by atoms with Gasteiger partial charge in [-0.2, -0.15) is 4.98 Å². The number of morpholine rings is 1. The Kier molecular flexibility index (Phi) is 3.78. The van der Waals surface area contributed by atoms with Gasteiger partial charge in [0.15, 0.2) is 0 Å². The van der Waals surface area contributed by atoms with Crippen molar-refractivity contribution in [2.75, 3.05) is 36.5 Å². The van der Waals surface area contributed by atoms with Crippen molar-refractivity contribution in [1.29, 1.82) is 0 Å². The molecule has 1 aliphatic rings. The smallest absolute Gasteiger partial charge is 0.224 e. The van der Waals surface area contributed by atoms with Gasteiger partial charge in [0.25, 0.3) is 0 Å². The maximum Gasteiger partial charge on any atom is 0.224 e. The normalized spacial score (nSPS) is 15.3. The van der Waals surface area contributed by atoms with Crippen LogP contribution in [0.4, 0.5) is 11.8 Å². The molecule has 2 aromatic rings. The monoisotopic (exact) mass is 275 g/mol. The van der Waals surface area contributed by atoms with Crippen molar-refractivity contribution in [2.45, 2.75) is 13.5 Å². The Hall–Kier alpha value is -2.15. The fraction of sp³-hybridized carbons (Fsp3) is 0.462. The van der Waals surface area contributed by atoms with Crippen molar-refractivity contribution in [2.24, 2.45) is 0 Å². The minimum atomic E-state index is 0.546. The van der Waals surface area contributed by atoms with Crippen LogP contribution in [-0.2, 0) is 11.3 Å². The third kappa shape index (κ3) is 3.05. The summed E-state index contributed by atoms with van der Waals surface area (Å²) in [5.74, 6) is 2.31. The lowest BCUT2D eigenvalue weighted by Gasteiger charge is -2.27. The molecule has 0 aliphatic carbocycles. The molecule has 0 spiro atoms. The fourth-order valence-electron chi connectivity index (χ4n) is 2.07. The summed E-state index contributed by atoms with van der Waals surface area (Å²) in [4.78, 5) is 10.9. The van der Waals surface area contributed by atoms with Gasteiger partial charge in [0, 0.05) is 25.4 Å². The Morgan fingerprint density at radius 3 is 2.95 bits per heavy atom. The van der Waals surface area contributed by atoms with Gasteiger partial charge in [0.2, 0.25) is 5.95 Å². The molecular weight excluding hydrogens is 258 g/mol. The largest absolute Gasteiger partial charge is 0.378 e. The average molecular weight is 275 g/mol. The fourth-order valence-corrected chi connectivity index (χ4v) is 2.07. The zero-order valence-electron chi connectivity index (χ0n) is 11.4. The first-order chi connectivity index (χ1) is 9.81. The molecule has 20 heavy (non-hydrogen) atoms. The third-order valence-electron chi connectivity index (χ3n) is 3.08. The van der Waals surface area contributed by atoms with Crippen LogP contribution < -0.4 is 10.2 Å². The van der Waals surface area contributed by atoms with Crippen molar-refractivity contribution in [3.05, 3.63) is 29.8 Å². The molecule has 3 rings (SSSR count). The minimum absolute atomic E-state index is 0.546. The van der Waals surface area contributed by atoms with Gasteiger partial charge in [-0.25, -0.2) is 4.98 Å². The molecule has 1 saturated heterocycles. The highest BCUT2D eigenvalue weighted by molar-refractivity contribution is 5.42. The van der Waals surface area contributed by atoms with Gasteiger partial charge in [0.05, 0.1) is 19.8 Å². The zero-order valence-corrected chi connectivity index (χ0v) is 11.4. The Morgan fingerprint density at radius 1 is 1.35 bits per heavy atom. The highest BCUT2D eigenvalue weighted by atomic mass is 16.5. The highest BCUT2D eigenvalue weighted by Gasteiger charge is 2.13. The SMILES string of the molecule is Cc1cc(CNc2nccc(N3CCOCC3)n2)no1. The third-order valence-corrected chi connectivity index (χ3v) is 3.08. The van der Waals surface area contributed by atoms with Crippen molar-refractivity contribution >= 4 is 11.8 Å². The minimum Gasteiger partial charge on any atom is -0.378 e. The summed E-state index contributed by atoms with van der Waals surface area (Å²) < 4.78 is 10.4. The molecule has 7 nitrogen and oxygen atoms in total. The van der Waals surface area contributed by atoms with Crippen molar-refractivity contribution < 1.29 is 9.26 Å². The number of nitrogens with one attached hydrogen (secondary N) is 1. The second-order valence-corrected chi connectivity index (χ2v) is 4.62. The summed E-state index contributed by atoms with van der Waals surface area (Å²) in [6, 6.07) is 3.80. The summed E-state index contributed by atoms with van der Waals surface area (Å²) in [7, 11) is 0.